The van der Waals surface area contributed by atoms with Crippen molar-refractivity contribution in [3.05, 3.63) is 64.9 Å². The molecule has 0 N–H and O–H groups in total. The predicted octanol–water partition coefficient (Wildman–Crippen LogP) is 2.53. The second kappa shape index (κ2) is 8.89. The zero-order chi connectivity index (χ0) is 20.1. The smallest absolute Gasteiger partial charge is 0.260 e. The first-order valence-electron chi connectivity index (χ1n) is 8.72. The van der Waals surface area contributed by atoms with Gasteiger partial charge in [0.05, 0.1) is 10.8 Å². The molecule has 0 bridgehead atoms. The Hall–Kier alpha value is -2.16. The molecule has 28 heavy (non-hydrogen) atoms. The normalized spacial score (nSPS) is 15.4. The topological polar surface area (TPSA) is 66.9 Å². The van der Waals surface area contributed by atoms with Crippen molar-refractivity contribution in [2.24, 2.45) is 0 Å². The van der Waals surface area contributed by atoms with Crippen molar-refractivity contribution in [1.29, 1.82) is 0 Å². The fraction of sp³-hybridized carbons (Fsp3) is 0.316. The zero-order valence-electron chi connectivity index (χ0n) is 15.1. The van der Waals surface area contributed by atoms with E-state index in [-0.39, 0.29) is 55.2 Å². The minimum Gasteiger partial charge on any atom is -0.482 e. The monoisotopic (exact) mass is 426 g/mol. The molecular weight excluding hydrogens is 407 g/mol. The summed E-state index contributed by atoms with van der Waals surface area (Å²) in [5, 5.41) is 0.0876. The summed E-state index contributed by atoms with van der Waals surface area (Å²) in [5.74, 6) is -0.606. The number of nitrogens with zero attached hydrogens (tertiary/aromatic N) is 2. The van der Waals surface area contributed by atoms with Gasteiger partial charge in [0.1, 0.15) is 11.6 Å². The lowest BCUT2D eigenvalue weighted by Gasteiger charge is -2.34. The number of hydrogen-bond donors (Lipinski definition) is 0. The van der Waals surface area contributed by atoms with E-state index in [0.717, 1.165) is 11.6 Å². The van der Waals surface area contributed by atoms with Gasteiger partial charge in [-0.2, -0.15) is 4.31 Å². The van der Waals surface area contributed by atoms with E-state index >= 15 is 0 Å². The number of amides is 1. The summed E-state index contributed by atoms with van der Waals surface area (Å²) in [6, 6.07) is 12.6. The summed E-state index contributed by atoms with van der Waals surface area (Å²) in [7, 11) is -3.44. The van der Waals surface area contributed by atoms with Gasteiger partial charge >= 0.3 is 0 Å². The molecule has 2 aromatic rings. The number of ether oxygens (including phenoxy) is 1. The lowest BCUT2D eigenvalue weighted by molar-refractivity contribution is -0.134. The quantitative estimate of drug-likeness (QED) is 0.712. The maximum atomic E-state index is 13.0. The molecule has 1 amide bonds. The molecule has 1 fully saturated rings. The van der Waals surface area contributed by atoms with Crippen LogP contribution < -0.4 is 4.74 Å². The van der Waals surface area contributed by atoms with Gasteiger partial charge in [-0.25, -0.2) is 12.8 Å². The molecule has 9 heteroatoms. The number of piperazine rings is 1. The molecule has 6 nitrogen and oxygen atoms in total. The molecule has 150 valence electrons. The molecule has 2 aromatic carbocycles. The average Bonchev–Trinajstić information content (AvgIpc) is 2.67. The molecule has 0 unspecified atom stereocenters. The fourth-order valence-corrected chi connectivity index (χ4v) is 4.65. The van der Waals surface area contributed by atoms with E-state index in [1.165, 1.54) is 16.4 Å². The Labute approximate surface area is 168 Å². The Bertz CT molecular complexity index is 932. The number of halogens is 2. The van der Waals surface area contributed by atoms with E-state index in [0.29, 0.717) is 0 Å². The van der Waals surface area contributed by atoms with Crippen molar-refractivity contribution in [3.8, 4) is 5.75 Å². The highest BCUT2D eigenvalue weighted by Crippen LogP contribution is 2.25. The summed E-state index contributed by atoms with van der Waals surface area (Å²) >= 11 is 5.87. The highest BCUT2D eigenvalue weighted by Gasteiger charge is 2.29. The number of benzene rings is 2. The van der Waals surface area contributed by atoms with Crippen LogP contribution in [0, 0.1) is 5.82 Å². The van der Waals surface area contributed by atoms with Crippen molar-refractivity contribution in [2.75, 3.05) is 32.8 Å². The second-order valence-electron chi connectivity index (χ2n) is 6.39. The Morgan fingerprint density at radius 2 is 1.75 bits per heavy atom. The molecule has 0 atom stereocenters. The van der Waals surface area contributed by atoms with Crippen LogP contribution in [0.1, 0.15) is 5.56 Å². The Morgan fingerprint density at radius 3 is 2.39 bits per heavy atom. The van der Waals surface area contributed by atoms with Crippen molar-refractivity contribution >= 4 is 27.5 Å². The lowest BCUT2D eigenvalue weighted by Crippen LogP contribution is -2.51. The third-order valence-electron chi connectivity index (χ3n) is 4.42. The molecular formula is C19H20ClFN2O4S. The largest absolute Gasteiger partial charge is 0.482 e. The van der Waals surface area contributed by atoms with Crippen molar-refractivity contribution < 1.29 is 22.3 Å². The summed E-state index contributed by atoms with van der Waals surface area (Å²) in [6.07, 6.45) is 0. The third-order valence-corrected chi connectivity index (χ3v) is 6.57. The van der Waals surface area contributed by atoms with Crippen molar-refractivity contribution in [2.45, 2.75) is 5.75 Å². The zero-order valence-corrected chi connectivity index (χ0v) is 16.6. The predicted molar refractivity (Wildman–Crippen MR) is 104 cm³/mol. The number of carbonyl (C=O) groups is 1. The van der Waals surface area contributed by atoms with Gasteiger partial charge in [0.15, 0.2) is 6.61 Å². The van der Waals surface area contributed by atoms with Gasteiger partial charge in [-0.3, -0.25) is 4.79 Å². The van der Waals surface area contributed by atoms with Crippen LogP contribution in [-0.2, 0) is 20.6 Å². The van der Waals surface area contributed by atoms with E-state index in [4.69, 9.17) is 16.3 Å². The lowest BCUT2D eigenvalue weighted by atomic mass is 10.2. The molecule has 0 aliphatic carbocycles. The van der Waals surface area contributed by atoms with Crippen LogP contribution in [0.15, 0.2) is 48.5 Å². The fourth-order valence-electron chi connectivity index (χ4n) is 2.91. The molecule has 0 radical (unpaired) electrons. The van der Waals surface area contributed by atoms with Crippen LogP contribution in [-0.4, -0.2) is 56.3 Å². The Kier molecular flexibility index (Phi) is 6.53. The third kappa shape index (κ3) is 5.21. The maximum absolute atomic E-state index is 13.0. The molecule has 0 aromatic heterocycles. The SMILES string of the molecule is O=C(COc1ccc(F)cc1Cl)N1CCN(S(=O)(=O)Cc2ccccc2)CC1. The summed E-state index contributed by atoms with van der Waals surface area (Å²) in [5.41, 5.74) is 0.727. The number of rotatable bonds is 6. The molecule has 3 rings (SSSR count). The van der Waals surface area contributed by atoms with E-state index in [9.17, 15) is 17.6 Å². The molecule has 0 spiro atoms. The number of hydrogen-bond acceptors (Lipinski definition) is 4. The average molecular weight is 427 g/mol. The Balaban J connectivity index is 1.51. The molecule has 1 aliphatic rings. The first-order chi connectivity index (χ1) is 13.3. The number of carbonyl (C=O) groups excluding carboxylic acids is 1. The second-order valence-corrected chi connectivity index (χ2v) is 8.76. The minimum absolute atomic E-state index is 0.0615. The van der Waals surface area contributed by atoms with Gasteiger partial charge in [0.2, 0.25) is 10.0 Å². The van der Waals surface area contributed by atoms with Gasteiger partial charge in [-0.15, -0.1) is 0 Å². The molecule has 1 aliphatic heterocycles. The Morgan fingerprint density at radius 1 is 1.07 bits per heavy atom. The van der Waals surface area contributed by atoms with Crippen LogP contribution in [0.25, 0.3) is 0 Å². The van der Waals surface area contributed by atoms with E-state index < -0.39 is 15.8 Å². The highest BCUT2D eigenvalue weighted by molar-refractivity contribution is 7.88. The van der Waals surface area contributed by atoms with E-state index in [1.807, 2.05) is 6.07 Å². The van der Waals surface area contributed by atoms with Gasteiger partial charge in [-0.1, -0.05) is 41.9 Å². The highest BCUT2D eigenvalue weighted by atomic mass is 35.5. The standard InChI is InChI=1S/C19H20ClFN2O4S/c20-17-12-16(21)6-7-18(17)27-13-19(24)22-8-10-23(11-9-22)28(25,26)14-15-4-2-1-3-5-15/h1-7,12H,8-11,13-14H2. The maximum Gasteiger partial charge on any atom is 0.260 e. The van der Waals surface area contributed by atoms with Crippen LogP contribution >= 0.6 is 11.6 Å². The van der Waals surface area contributed by atoms with Crippen LogP contribution in [0.5, 0.6) is 5.75 Å². The van der Waals surface area contributed by atoms with Gasteiger partial charge < -0.3 is 9.64 Å². The van der Waals surface area contributed by atoms with Crippen LogP contribution in [0.4, 0.5) is 4.39 Å². The number of sulfonamides is 1. The van der Waals surface area contributed by atoms with Gasteiger partial charge in [0.25, 0.3) is 5.91 Å². The van der Waals surface area contributed by atoms with E-state index in [1.54, 1.807) is 29.2 Å². The summed E-state index contributed by atoms with van der Waals surface area (Å²) in [4.78, 5) is 13.9. The van der Waals surface area contributed by atoms with Crippen molar-refractivity contribution in [3.63, 3.8) is 0 Å². The van der Waals surface area contributed by atoms with Crippen molar-refractivity contribution in [1.82, 2.24) is 9.21 Å². The first-order valence-corrected chi connectivity index (χ1v) is 10.7. The minimum atomic E-state index is -3.44. The first kappa shape index (κ1) is 20.6. The van der Waals surface area contributed by atoms with Gasteiger partial charge in [-0.05, 0) is 23.8 Å². The molecule has 0 saturated carbocycles. The van der Waals surface area contributed by atoms with Gasteiger partial charge in [0, 0.05) is 26.2 Å². The van der Waals surface area contributed by atoms with Crippen LogP contribution in [0.2, 0.25) is 5.02 Å². The summed E-state index contributed by atoms with van der Waals surface area (Å²) < 4.78 is 44.9. The van der Waals surface area contributed by atoms with E-state index in [2.05, 4.69) is 0 Å². The summed E-state index contributed by atoms with van der Waals surface area (Å²) in [6.45, 7) is 0.791. The molecule has 1 saturated heterocycles. The van der Waals surface area contributed by atoms with Crippen LogP contribution in [0.3, 0.4) is 0 Å². The molecule has 1 heterocycles.